The van der Waals surface area contributed by atoms with Crippen molar-refractivity contribution in [3.8, 4) is 5.75 Å². The van der Waals surface area contributed by atoms with Gasteiger partial charge in [0.1, 0.15) is 5.75 Å². The highest BCUT2D eigenvalue weighted by molar-refractivity contribution is 6.33. The zero-order valence-corrected chi connectivity index (χ0v) is 11.9. The molecule has 0 saturated heterocycles. The second-order valence-corrected chi connectivity index (χ2v) is 5.46. The molecule has 0 radical (unpaired) electrons. The lowest BCUT2D eigenvalue weighted by Gasteiger charge is -2.32. The number of halogens is 1. The van der Waals surface area contributed by atoms with Gasteiger partial charge in [0.25, 0.3) is 5.91 Å². The number of phenols is 1. The van der Waals surface area contributed by atoms with Crippen LogP contribution in [0.25, 0.3) is 0 Å². The number of carbonyl (C=O) groups is 1. The maximum atomic E-state index is 12.0. The van der Waals surface area contributed by atoms with Crippen LogP contribution in [0.1, 0.15) is 24.2 Å². The molecule has 4 nitrogen and oxygen atoms in total. The summed E-state index contributed by atoms with van der Waals surface area (Å²) in [6.07, 6.45) is 0. The van der Waals surface area contributed by atoms with Gasteiger partial charge >= 0.3 is 0 Å². The quantitative estimate of drug-likeness (QED) is 0.881. The van der Waals surface area contributed by atoms with Gasteiger partial charge in [-0.15, -0.1) is 0 Å². The molecule has 1 aromatic carbocycles. The molecule has 0 aliphatic rings. The zero-order valence-electron chi connectivity index (χ0n) is 11.1. The Bertz CT molecular complexity index is 445. The summed E-state index contributed by atoms with van der Waals surface area (Å²) in [6, 6.07) is 4.31. The number of likely N-dealkylation sites (N-methyl/N-ethyl adjacent to an activating group) is 1. The highest BCUT2D eigenvalue weighted by atomic mass is 35.5. The Morgan fingerprint density at radius 1 is 1.44 bits per heavy atom. The first-order valence-electron chi connectivity index (χ1n) is 5.68. The van der Waals surface area contributed by atoms with Gasteiger partial charge in [0.15, 0.2) is 0 Å². The van der Waals surface area contributed by atoms with Crippen molar-refractivity contribution in [1.82, 2.24) is 10.2 Å². The largest absolute Gasteiger partial charge is 0.508 e. The van der Waals surface area contributed by atoms with Crippen LogP contribution < -0.4 is 5.32 Å². The SMILES string of the molecule is CN(C)C(C)(C)CNC(=O)c1cc(O)ccc1Cl. The first-order chi connectivity index (χ1) is 8.24. The maximum Gasteiger partial charge on any atom is 0.252 e. The van der Waals surface area contributed by atoms with Crippen LogP contribution in [-0.2, 0) is 0 Å². The van der Waals surface area contributed by atoms with Gasteiger partial charge in [0.05, 0.1) is 10.6 Å². The Morgan fingerprint density at radius 2 is 2.06 bits per heavy atom. The fourth-order valence-electron chi connectivity index (χ4n) is 1.24. The van der Waals surface area contributed by atoms with Crippen molar-refractivity contribution in [1.29, 1.82) is 0 Å². The molecule has 1 amide bonds. The smallest absolute Gasteiger partial charge is 0.252 e. The van der Waals surface area contributed by atoms with Crippen LogP contribution in [0.5, 0.6) is 5.75 Å². The monoisotopic (exact) mass is 270 g/mol. The predicted octanol–water partition coefficient (Wildman–Crippen LogP) is 2.12. The molecule has 0 atom stereocenters. The lowest BCUT2D eigenvalue weighted by molar-refractivity contribution is 0.0919. The highest BCUT2D eigenvalue weighted by Crippen LogP contribution is 2.21. The molecule has 0 fully saturated rings. The van der Waals surface area contributed by atoms with Gasteiger partial charge in [-0.2, -0.15) is 0 Å². The van der Waals surface area contributed by atoms with Crippen molar-refractivity contribution >= 4 is 17.5 Å². The van der Waals surface area contributed by atoms with E-state index in [0.29, 0.717) is 11.6 Å². The van der Waals surface area contributed by atoms with Gasteiger partial charge in [-0.05, 0) is 46.1 Å². The number of benzene rings is 1. The minimum atomic E-state index is -0.286. The van der Waals surface area contributed by atoms with E-state index in [2.05, 4.69) is 5.32 Å². The summed E-state index contributed by atoms with van der Waals surface area (Å²) in [6.45, 7) is 4.54. The third-order valence-electron chi connectivity index (χ3n) is 3.09. The average Bonchev–Trinajstić information content (AvgIpc) is 2.29. The minimum absolute atomic E-state index is 0.0245. The number of aromatic hydroxyl groups is 1. The van der Waals surface area contributed by atoms with Crippen LogP contribution in [0.3, 0.4) is 0 Å². The van der Waals surface area contributed by atoms with Crippen LogP contribution >= 0.6 is 11.6 Å². The summed E-state index contributed by atoms with van der Waals surface area (Å²) in [4.78, 5) is 14.0. The molecule has 2 N–H and O–H groups in total. The number of amides is 1. The van der Waals surface area contributed by atoms with Crippen LogP contribution in [0.15, 0.2) is 18.2 Å². The molecule has 0 heterocycles. The molecular formula is C13H19ClN2O2. The minimum Gasteiger partial charge on any atom is -0.508 e. The third kappa shape index (κ3) is 3.62. The summed E-state index contributed by atoms with van der Waals surface area (Å²) in [5, 5.41) is 12.5. The Labute approximate surface area is 113 Å². The predicted molar refractivity (Wildman–Crippen MR) is 73.2 cm³/mol. The van der Waals surface area contributed by atoms with E-state index in [9.17, 15) is 9.90 Å². The Balaban J connectivity index is 2.75. The van der Waals surface area contributed by atoms with Crippen molar-refractivity contribution < 1.29 is 9.90 Å². The molecule has 1 rings (SSSR count). The maximum absolute atomic E-state index is 12.0. The van der Waals surface area contributed by atoms with Gasteiger partial charge < -0.3 is 15.3 Å². The number of rotatable bonds is 4. The van der Waals surface area contributed by atoms with Crippen LogP contribution in [0.2, 0.25) is 5.02 Å². The summed E-state index contributed by atoms with van der Waals surface area (Å²) >= 11 is 5.92. The van der Waals surface area contributed by atoms with Crippen molar-refractivity contribution in [2.45, 2.75) is 19.4 Å². The van der Waals surface area contributed by atoms with E-state index >= 15 is 0 Å². The van der Waals surface area contributed by atoms with Gasteiger partial charge in [0.2, 0.25) is 0 Å². The van der Waals surface area contributed by atoms with Gasteiger partial charge in [-0.1, -0.05) is 11.6 Å². The van der Waals surface area contributed by atoms with Gasteiger partial charge in [0, 0.05) is 12.1 Å². The van der Waals surface area contributed by atoms with Crippen LogP contribution in [0.4, 0.5) is 0 Å². The Hall–Kier alpha value is -1.26. The topological polar surface area (TPSA) is 52.6 Å². The first-order valence-corrected chi connectivity index (χ1v) is 6.06. The summed E-state index contributed by atoms with van der Waals surface area (Å²) in [5.74, 6) is -0.262. The number of hydrogen-bond donors (Lipinski definition) is 2. The Morgan fingerprint density at radius 3 is 2.61 bits per heavy atom. The lowest BCUT2D eigenvalue weighted by Crippen LogP contribution is -2.48. The van der Waals surface area contributed by atoms with Crippen LogP contribution in [-0.4, -0.2) is 42.1 Å². The molecule has 0 aliphatic heterocycles. The molecular weight excluding hydrogens is 252 g/mol. The molecule has 18 heavy (non-hydrogen) atoms. The second-order valence-electron chi connectivity index (χ2n) is 5.05. The van der Waals surface area contributed by atoms with E-state index in [0.717, 1.165) is 0 Å². The fraction of sp³-hybridized carbons (Fsp3) is 0.462. The van der Waals surface area contributed by atoms with E-state index in [1.165, 1.54) is 18.2 Å². The van der Waals surface area contributed by atoms with Crippen molar-refractivity contribution in [3.05, 3.63) is 28.8 Å². The number of carbonyl (C=O) groups excluding carboxylic acids is 1. The van der Waals surface area contributed by atoms with Crippen molar-refractivity contribution in [2.75, 3.05) is 20.6 Å². The normalized spacial score (nSPS) is 11.7. The molecule has 0 saturated carbocycles. The number of phenolic OH excluding ortho intramolecular Hbond substituents is 1. The van der Waals surface area contributed by atoms with E-state index < -0.39 is 0 Å². The highest BCUT2D eigenvalue weighted by Gasteiger charge is 2.22. The van der Waals surface area contributed by atoms with E-state index in [4.69, 9.17) is 11.6 Å². The number of nitrogens with one attached hydrogen (secondary N) is 1. The number of hydrogen-bond acceptors (Lipinski definition) is 3. The molecule has 0 bridgehead atoms. The molecule has 0 aromatic heterocycles. The summed E-state index contributed by atoms with van der Waals surface area (Å²) in [5.41, 5.74) is 0.130. The molecule has 1 aromatic rings. The van der Waals surface area contributed by atoms with E-state index in [1.807, 2.05) is 32.8 Å². The van der Waals surface area contributed by atoms with Gasteiger partial charge in [-0.3, -0.25) is 4.79 Å². The zero-order chi connectivity index (χ0) is 13.9. The van der Waals surface area contributed by atoms with E-state index in [-0.39, 0.29) is 22.8 Å². The molecule has 0 aliphatic carbocycles. The average molecular weight is 271 g/mol. The second kappa shape index (κ2) is 5.59. The third-order valence-corrected chi connectivity index (χ3v) is 3.42. The fourth-order valence-corrected chi connectivity index (χ4v) is 1.44. The molecule has 100 valence electrons. The summed E-state index contributed by atoms with van der Waals surface area (Å²) in [7, 11) is 3.90. The van der Waals surface area contributed by atoms with E-state index in [1.54, 1.807) is 0 Å². The van der Waals surface area contributed by atoms with Gasteiger partial charge in [-0.25, -0.2) is 0 Å². The van der Waals surface area contributed by atoms with Crippen molar-refractivity contribution in [3.63, 3.8) is 0 Å². The van der Waals surface area contributed by atoms with Crippen molar-refractivity contribution in [2.24, 2.45) is 0 Å². The lowest BCUT2D eigenvalue weighted by atomic mass is 10.0. The molecule has 5 heteroatoms. The molecule has 0 spiro atoms. The standard InChI is InChI=1S/C13H19ClN2O2/c1-13(2,16(3)4)8-15-12(18)10-7-9(17)5-6-11(10)14/h5-7,17H,8H2,1-4H3,(H,15,18). The Kier molecular flexibility index (Phi) is 4.59. The molecule has 0 unspecified atom stereocenters. The summed E-state index contributed by atoms with van der Waals surface area (Å²) < 4.78 is 0. The number of nitrogens with zero attached hydrogens (tertiary/aromatic N) is 1. The van der Waals surface area contributed by atoms with Crippen LogP contribution in [0, 0.1) is 0 Å². The first kappa shape index (κ1) is 14.8.